The van der Waals surface area contributed by atoms with E-state index in [-0.39, 0.29) is 11.9 Å². The summed E-state index contributed by atoms with van der Waals surface area (Å²) in [5.41, 5.74) is 2.20. The zero-order valence-electron chi connectivity index (χ0n) is 18.2. The highest BCUT2D eigenvalue weighted by molar-refractivity contribution is 5.94. The Labute approximate surface area is 188 Å². The van der Waals surface area contributed by atoms with Gasteiger partial charge in [-0.15, -0.1) is 0 Å². The minimum atomic E-state index is -0.111. The van der Waals surface area contributed by atoms with Gasteiger partial charge in [-0.3, -0.25) is 4.79 Å². The van der Waals surface area contributed by atoms with Crippen LogP contribution in [0.5, 0.6) is 0 Å². The molecule has 2 saturated heterocycles. The molecule has 0 bridgehead atoms. The molecular weight excluding hydrogens is 404 g/mol. The highest BCUT2D eigenvalue weighted by atomic mass is 16.2. The van der Waals surface area contributed by atoms with Gasteiger partial charge < -0.3 is 20.0 Å². The number of piperazine rings is 1. The van der Waals surface area contributed by atoms with E-state index >= 15 is 0 Å². The first-order chi connectivity index (χ1) is 15.7. The maximum Gasteiger partial charge on any atom is 0.317 e. The number of amides is 3. The van der Waals surface area contributed by atoms with E-state index in [1.54, 1.807) is 23.2 Å². The van der Waals surface area contributed by atoms with E-state index in [2.05, 4.69) is 16.4 Å². The van der Waals surface area contributed by atoms with Crippen LogP contribution in [-0.4, -0.2) is 66.0 Å². The highest BCUT2D eigenvalue weighted by Gasteiger charge is 2.23. The predicted octanol–water partition coefficient (Wildman–Crippen LogP) is 2.61. The molecule has 2 fully saturated rings. The molecule has 2 aromatic rings. The zero-order chi connectivity index (χ0) is 22.3. The van der Waals surface area contributed by atoms with Crippen molar-refractivity contribution in [2.45, 2.75) is 25.8 Å². The van der Waals surface area contributed by atoms with Gasteiger partial charge in [-0.1, -0.05) is 12.1 Å². The van der Waals surface area contributed by atoms with Crippen LogP contribution in [-0.2, 0) is 6.54 Å². The lowest BCUT2D eigenvalue weighted by Crippen LogP contribution is -2.52. The SMILES string of the molecule is N#Cc1cccnc1N1CCN(C(=O)NCc2ccc(C(=O)N3CCCCC3)cc2)CC1. The fourth-order valence-electron chi connectivity index (χ4n) is 4.19. The van der Waals surface area contributed by atoms with E-state index in [0.717, 1.165) is 31.5 Å². The van der Waals surface area contributed by atoms with Crippen molar-refractivity contribution >= 4 is 17.8 Å². The van der Waals surface area contributed by atoms with Crippen molar-refractivity contribution in [1.82, 2.24) is 20.1 Å². The number of nitrogens with zero attached hydrogens (tertiary/aromatic N) is 5. The summed E-state index contributed by atoms with van der Waals surface area (Å²) in [6.07, 6.45) is 5.03. The number of aromatic nitrogens is 1. The zero-order valence-corrected chi connectivity index (χ0v) is 18.2. The van der Waals surface area contributed by atoms with Gasteiger partial charge in [-0.25, -0.2) is 9.78 Å². The number of piperidine rings is 1. The van der Waals surface area contributed by atoms with Crippen molar-refractivity contribution in [1.29, 1.82) is 5.26 Å². The number of urea groups is 1. The molecule has 1 N–H and O–H groups in total. The van der Waals surface area contributed by atoms with Crippen molar-refractivity contribution in [2.24, 2.45) is 0 Å². The lowest BCUT2D eigenvalue weighted by atomic mass is 10.1. The van der Waals surface area contributed by atoms with Crippen LogP contribution in [0.2, 0.25) is 0 Å². The minimum Gasteiger partial charge on any atom is -0.352 e. The first-order valence-electron chi connectivity index (χ1n) is 11.2. The Morgan fingerprint density at radius 1 is 0.938 bits per heavy atom. The number of likely N-dealkylation sites (tertiary alicyclic amines) is 1. The van der Waals surface area contributed by atoms with Gasteiger partial charge in [0.2, 0.25) is 0 Å². The predicted molar refractivity (Wildman–Crippen MR) is 121 cm³/mol. The van der Waals surface area contributed by atoms with Crippen molar-refractivity contribution in [3.63, 3.8) is 0 Å². The average molecular weight is 433 g/mol. The highest BCUT2D eigenvalue weighted by Crippen LogP contribution is 2.18. The van der Waals surface area contributed by atoms with Crippen molar-refractivity contribution in [3.8, 4) is 6.07 Å². The van der Waals surface area contributed by atoms with Crippen molar-refractivity contribution in [2.75, 3.05) is 44.2 Å². The maximum atomic E-state index is 12.6. The first-order valence-corrected chi connectivity index (χ1v) is 11.2. The molecule has 0 atom stereocenters. The number of hydrogen-bond acceptors (Lipinski definition) is 5. The Balaban J connectivity index is 1.25. The summed E-state index contributed by atoms with van der Waals surface area (Å²) in [6, 6.07) is 13.1. The second kappa shape index (κ2) is 10.1. The number of carbonyl (C=O) groups is 2. The second-order valence-electron chi connectivity index (χ2n) is 8.17. The number of rotatable bonds is 4. The number of nitrogens with one attached hydrogen (secondary N) is 1. The Morgan fingerprint density at radius 2 is 1.66 bits per heavy atom. The molecule has 0 saturated carbocycles. The fraction of sp³-hybridized carbons (Fsp3) is 0.417. The first kappa shape index (κ1) is 21.6. The van der Waals surface area contributed by atoms with Crippen molar-refractivity contribution < 1.29 is 9.59 Å². The number of pyridine rings is 1. The summed E-state index contributed by atoms with van der Waals surface area (Å²) >= 11 is 0. The molecule has 3 heterocycles. The number of hydrogen-bond donors (Lipinski definition) is 1. The number of benzene rings is 1. The average Bonchev–Trinajstić information content (AvgIpc) is 2.87. The van der Waals surface area contributed by atoms with E-state index in [1.807, 2.05) is 34.1 Å². The number of carbonyl (C=O) groups excluding carboxylic acids is 2. The van der Waals surface area contributed by atoms with Gasteiger partial charge in [0.05, 0.1) is 5.56 Å². The van der Waals surface area contributed by atoms with E-state index in [4.69, 9.17) is 0 Å². The van der Waals surface area contributed by atoms with E-state index in [1.165, 1.54) is 6.42 Å². The molecule has 1 aromatic carbocycles. The van der Waals surface area contributed by atoms with Gasteiger partial charge in [0.1, 0.15) is 11.9 Å². The Bertz CT molecular complexity index is 986. The number of nitriles is 1. The number of anilines is 1. The maximum absolute atomic E-state index is 12.6. The smallest absolute Gasteiger partial charge is 0.317 e. The Kier molecular flexibility index (Phi) is 6.85. The molecular formula is C24H28N6O2. The summed E-state index contributed by atoms with van der Waals surface area (Å²) in [6.45, 7) is 4.48. The minimum absolute atomic E-state index is 0.0885. The largest absolute Gasteiger partial charge is 0.352 e. The summed E-state index contributed by atoms with van der Waals surface area (Å²) in [5, 5.41) is 12.2. The lowest BCUT2D eigenvalue weighted by Gasteiger charge is -2.35. The Morgan fingerprint density at radius 3 is 2.34 bits per heavy atom. The van der Waals surface area contributed by atoms with E-state index in [0.29, 0.717) is 49.7 Å². The van der Waals surface area contributed by atoms with Gasteiger partial charge in [-0.2, -0.15) is 5.26 Å². The molecule has 2 aliphatic heterocycles. The normalized spacial score (nSPS) is 16.4. The molecule has 3 amide bonds. The summed E-state index contributed by atoms with van der Waals surface area (Å²) in [4.78, 5) is 35.2. The molecule has 2 aliphatic rings. The van der Waals surface area contributed by atoms with Gasteiger partial charge >= 0.3 is 6.03 Å². The third-order valence-corrected chi connectivity index (χ3v) is 6.06. The van der Waals surface area contributed by atoms with Gasteiger partial charge in [0, 0.05) is 57.6 Å². The summed E-state index contributed by atoms with van der Waals surface area (Å²) in [7, 11) is 0. The molecule has 0 radical (unpaired) electrons. The lowest BCUT2D eigenvalue weighted by molar-refractivity contribution is 0.0724. The van der Waals surface area contributed by atoms with Crippen LogP contribution in [0.4, 0.5) is 10.6 Å². The van der Waals surface area contributed by atoms with Crippen molar-refractivity contribution in [3.05, 3.63) is 59.3 Å². The molecule has 8 heteroatoms. The quantitative estimate of drug-likeness (QED) is 0.802. The van der Waals surface area contributed by atoms with Gasteiger partial charge in [0.25, 0.3) is 5.91 Å². The van der Waals surface area contributed by atoms with Crippen LogP contribution in [0.1, 0.15) is 40.7 Å². The topological polar surface area (TPSA) is 92.6 Å². The van der Waals surface area contributed by atoms with Gasteiger partial charge in [-0.05, 0) is 49.1 Å². The van der Waals surface area contributed by atoms with E-state index < -0.39 is 0 Å². The third-order valence-electron chi connectivity index (χ3n) is 6.06. The third kappa shape index (κ3) is 4.99. The van der Waals surface area contributed by atoms with Crippen LogP contribution in [0.15, 0.2) is 42.6 Å². The van der Waals surface area contributed by atoms with Crippen LogP contribution < -0.4 is 10.2 Å². The molecule has 166 valence electrons. The standard InChI is InChI=1S/C24H28N6O2/c25-17-21-5-4-10-26-22(21)28-13-15-30(16-14-28)24(32)27-18-19-6-8-20(9-7-19)23(31)29-11-2-1-3-12-29/h4-10H,1-3,11-16,18H2,(H,27,32). The van der Waals surface area contributed by atoms with E-state index in [9.17, 15) is 14.9 Å². The van der Waals surface area contributed by atoms with Crippen LogP contribution in [0.3, 0.4) is 0 Å². The van der Waals surface area contributed by atoms with Crippen LogP contribution in [0, 0.1) is 11.3 Å². The van der Waals surface area contributed by atoms with Crippen LogP contribution in [0.25, 0.3) is 0 Å². The second-order valence-corrected chi connectivity index (χ2v) is 8.17. The molecule has 32 heavy (non-hydrogen) atoms. The molecule has 1 aromatic heterocycles. The fourth-order valence-corrected chi connectivity index (χ4v) is 4.19. The molecule has 0 unspecified atom stereocenters. The monoisotopic (exact) mass is 432 g/mol. The Hall–Kier alpha value is -3.60. The molecule has 0 aliphatic carbocycles. The molecule has 4 rings (SSSR count). The molecule has 8 nitrogen and oxygen atoms in total. The summed E-state index contributed by atoms with van der Waals surface area (Å²) in [5.74, 6) is 0.764. The molecule has 0 spiro atoms. The summed E-state index contributed by atoms with van der Waals surface area (Å²) < 4.78 is 0. The van der Waals surface area contributed by atoms with Crippen LogP contribution >= 0.6 is 0 Å². The van der Waals surface area contributed by atoms with Gasteiger partial charge in [0.15, 0.2) is 0 Å².